The van der Waals surface area contributed by atoms with E-state index in [0.29, 0.717) is 49.0 Å². The third-order valence-corrected chi connectivity index (χ3v) is 5.74. The molecule has 0 radical (unpaired) electrons. The largest absolute Gasteiger partial charge is 0.491 e. The first kappa shape index (κ1) is 20.2. The monoisotopic (exact) mass is 403 g/mol. The van der Waals surface area contributed by atoms with Gasteiger partial charge in [-0.1, -0.05) is 12.1 Å². The van der Waals surface area contributed by atoms with E-state index in [-0.39, 0.29) is 11.8 Å². The smallest absolute Gasteiger partial charge is 0.211 e. The summed E-state index contributed by atoms with van der Waals surface area (Å²) in [6.07, 6.45) is 2.72. The van der Waals surface area contributed by atoms with Gasteiger partial charge in [-0.05, 0) is 26.0 Å². The van der Waals surface area contributed by atoms with Crippen molar-refractivity contribution in [3.8, 4) is 5.75 Å². The number of ether oxygens (including phenoxy) is 1. The number of aromatic nitrogens is 2. The molecule has 9 heteroatoms. The minimum Gasteiger partial charge on any atom is -0.491 e. The standard InChI is InChI=1S/C19H25N5O3S/c1-14(2)27-16-6-4-5-15(11-16)19(20)17-12-18(22-13-21-17)23-7-9-24(10-8-23)28(3,25)26/h4-6,11-14,20H,7-10H2,1-3H3. The fraction of sp³-hybridized carbons (Fsp3) is 0.421. The van der Waals surface area contributed by atoms with Crippen LogP contribution in [-0.2, 0) is 10.0 Å². The average Bonchev–Trinajstić information content (AvgIpc) is 2.66. The maximum atomic E-state index is 11.7. The highest BCUT2D eigenvalue weighted by Gasteiger charge is 2.24. The summed E-state index contributed by atoms with van der Waals surface area (Å²) < 4.78 is 30.5. The summed E-state index contributed by atoms with van der Waals surface area (Å²) in [5, 5.41) is 8.52. The van der Waals surface area contributed by atoms with Crippen LogP contribution < -0.4 is 9.64 Å². The molecule has 28 heavy (non-hydrogen) atoms. The first-order chi connectivity index (χ1) is 13.2. The van der Waals surface area contributed by atoms with Crippen LogP contribution in [0, 0.1) is 5.41 Å². The van der Waals surface area contributed by atoms with E-state index < -0.39 is 10.0 Å². The third kappa shape index (κ3) is 4.85. The predicted molar refractivity (Wildman–Crippen MR) is 109 cm³/mol. The number of rotatable bonds is 6. The van der Waals surface area contributed by atoms with E-state index in [2.05, 4.69) is 9.97 Å². The van der Waals surface area contributed by atoms with Crippen LogP contribution in [0.2, 0.25) is 0 Å². The van der Waals surface area contributed by atoms with Crippen LogP contribution in [-0.4, -0.2) is 66.9 Å². The molecule has 0 unspecified atom stereocenters. The molecule has 2 aromatic rings. The lowest BCUT2D eigenvalue weighted by atomic mass is 10.1. The van der Waals surface area contributed by atoms with Gasteiger partial charge in [0.25, 0.3) is 0 Å². The van der Waals surface area contributed by atoms with Crippen LogP contribution in [0.4, 0.5) is 5.82 Å². The van der Waals surface area contributed by atoms with Crippen LogP contribution in [0.5, 0.6) is 5.75 Å². The molecule has 0 bridgehead atoms. The minimum atomic E-state index is -3.17. The molecule has 1 aromatic carbocycles. The molecule has 0 spiro atoms. The predicted octanol–water partition coefficient (Wildman–Crippen LogP) is 1.76. The van der Waals surface area contributed by atoms with Crippen molar-refractivity contribution in [3.05, 3.63) is 47.9 Å². The number of nitrogens with zero attached hydrogens (tertiary/aromatic N) is 4. The van der Waals surface area contributed by atoms with E-state index in [4.69, 9.17) is 10.1 Å². The van der Waals surface area contributed by atoms with Gasteiger partial charge in [0.15, 0.2) is 0 Å². The second-order valence-corrected chi connectivity index (χ2v) is 8.96. The Labute approximate surface area is 165 Å². The van der Waals surface area contributed by atoms with Crippen LogP contribution >= 0.6 is 0 Å². The van der Waals surface area contributed by atoms with Gasteiger partial charge in [-0.25, -0.2) is 18.4 Å². The highest BCUT2D eigenvalue weighted by atomic mass is 32.2. The Hall–Kier alpha value is -2.52. The molecule has 0 amide bonds. The van der Waals surface area contributed by atoms with Crippen LogP contribution in [0.3, 0.4) is 0 Å². The molecule has 0 saturated carbocycles. The lowest BCUT2D eigenvalue weighted by Crippen LogP contribution is -2.48. The molecule has 1 aromatic heterocycles. The molecule has 0 aliphatic carbocycles. The molecule has 3 rings (SSSR count). The lowest BCUT2D eigenvalue weighted by Gasteiger charge is -2.34. The molecule has 1 aliphatic heterocycles. The fourth-order valence-corrected chi connectivity index (χ4v) is 3.88. The van der Waals surface area contributed by atoms with E-state index in [1.165, 1.54) is 16.9 Å². The Morgan fingerprint density at radius 3 is 2.50 bits per heavy atom. The van der Waals surface area contributed by atoms with E-state index in [1.807, 2.05) is 43.0 Å². The second kappa shape index (κ2) is 8.24. The van der Waals surface area contributed by atoms with Crippen molar-refractivity contribution in [1.29, 1.82) is 5.41 Å². The maximum absolute atomic E-state index is 11.7. The number of piperazine rings is 1. The minimum absolute atomic E-state index is 0.0562. The van der Waals surface area contributed by atoms with Gasteiger partial charge >= 0.3 is 0 Å². The van der Waals surface area contributed by atoms with E-state index in [0.717, 1.165) is 0 Å². The van der Waals surface area contributed by atoms with Gasteiger partial charge < -0.3 is 9.64 Å². The van der Waals surface area contributed by atoms with Gasteiger partial charge in [0.05, 0.1) is 23.8 Å². The SMILES string of the molecule is CC(C)Oc1cccc(C(=N)c2cc(N3CCN(S(C)(=O)=O)CC3)ncn2)c1. The van der Waals surface area contributed by atoms with Crippen molar-refractivity contribution in [2.24, 2.45) is 0 Å². The Balaban J connectivity index is 1.76. The Kier molecular flexibility index (Phi) is 5.95. The number of nitrogens with one attached hydrogen (secondary N) is 1. The van der Waals surface area contributed by atoms with Gasteiger partial charge in [0.1, 0.15) is 17.9 Å². The molecule has 150 valence electrons. The van der Waals surface area contributed by atoms with Crippen molar-refractivity contribution in [2.75, 3.05) is 37.3 Å². The zero-order valence-electron chi connectivity index (χ0n) is 16.3. The molecule has 2 heterocycles. The molecule has 0 atom stereocenters. The lowest BCUT2D eigenvalue weighted by molar-refractivity contribution is 0.242. The molecule has 8 nitrogen and oxygen atoms in total. The third-order valence-electron chi connectivity index (χ3n) is 4.43. The summed E-state index contributed by atoms with van der Waals surface area (Å²) in [4.78, 5) is 10.6. The van der Waals surface area contributed by atoms with Gasteiger partial charge in [0, 0.05) is 37.8 Å². The quantitative estimate of drug-likeness (QED) is 0.738. The summed E-state index contributed by atoms with van der Waals surface area (Å²) in [7, 11) is -3.17. The summed E-state index contributed by atoms with van der Waals surface area (Å²) in [5.41, 5.74) is 1.51. The Morgan fingerprint density at radius 1 is 1.14 bits per heavy atom. The molecule has 1 N–H and O–H groups in total. The van der Waals surface area contributed by atoms with Gasteiger partial charge in [-0.2, -0.15) is 4.31 Å². The highest BCUT2D eigenvalue weighted by Crippen LogP contribution is 2.20. The Morgan fingerprint density at radius 2 is 1.86 bits per heavy atom. The summed E-state index contributed by atoms with van der Waals surface area (Å²) >= 11 is 0. The number of hydrogen-bond acceptors (Lipinski definition) is 7. The Bertz CT molecular complexity index is 954. The fourth-order valence-electron chi connectivity index (χ4n) is 3.05. The zero-order valence-corrected chi connectivity index (χ0v) is 17.1. The number of benzene rings is 1. The summed E-state index contributed by atoms with van der Waals surface area (Å²) in [6, 6.07) is 9.17. The van der Waals surface area contributed by atoms with Gasteiger partial charge in [0.2, 0.25) is 10.0 Å². The topological polar surface area (TPSA) is 99.5 Å². The first-order valence-corrected chi connectivity index (χ1v) is 11.0. The summed E-state index contributed by atoms with van der Waals surface area (Å²) in [6.45, 7) is 5.86. The van der Waals surface area contributed by atoms with Crippen molar-refractivity contribution >= 4 is 21.6 Å². The highest BCUT2D eigenvalue weighted by molar-refractivity contribution is 7.88. The molecule has 1 fully saturated rings. The molecule has 1 aliphatic rings. The average molecular weight is 404 g/mol. The van der Waals surface area contributed by atoms with E-state index in [9.17, 15) is 8.42 Å². The van der Waals surface area contributed by atoms with Crippen LogP contribution in [0.25, 0.3) is 0 Å². The normalized spacial score (nSPS) is 15.6. The van der Waals surface area contributed by atoms with E-state index in [1.54, 1.807) is 6.07 Å². The maximum Gasteiger partial charge on any atom is 0.211 e. The van der Waals surface area contributed by atoms with Crippen LogP contribution in [0.1, 0.15) is 25.1 Å². The van der Waals surface area contributed by atoms with Crippen molar-refractivity contribution in [1.82, 2.24) is 14.3 Å². The van der Waals surface area contributed by atoms with E-state index >= 15 is 0 Å². The van der Waals surface area contributed by atoms with Crippen molar-refractivity contribution in [3.63, 3.8) is 0 Å². The van der Waals surface area contributed by atoms with Crippen LogP contribution in [0.15, 0.2) is 36.7 Å². The van der Waals surface area contributed by atoms with Crippen molar-refractivity contribution < 1.29 is 13.2 Å². The van der Waals surface area contributed by atoms with Gasteiger partial charge in [-0.15, -0.1) is 0 Å². The molecular weight excluding hydrogens is 378 g/mol. The molecule has 1 saturated heterocycles. The first-order valence-electron chi connectivity index (χ1n) is 9.12. The second-order valence-electron chi connectivity index (χ2n) is 6.98. The number of hydrogen-bond donors (Lipinski definition) is 1. The number of sulfonamides is 1. The van der Waals surface area contributed by atoms with Gasteiger partial charge in [-0.3, -0.25) is 5.41 Å². The zero-order chi connectivity index (χ0) is 20.3. The van der Waals surface area contributed by atoms with Crippen molar-refractivity contribution in [2.45, 2.75) is 20.0 Å². The molecular formula is C19H25N5O3S. The number of anilines is 1. The summed E-state index contributed by atoms with van der Waals surface area (Å²) in [5.74, 6) is 1.40.